The lowest BCUT2D eigenvalue weighted by Gasteiger charge is -2.10. The predicted molar refractivity (Wildman–Crippen MR) is 77.8 cm³/mol. The van der Waals surface area contributed by atoms with Crippen molar-refractivity contribution in [1.29, 1.82) is 0 Å². The Morgan fingerprint density at radius 2 is 1.95 bits per heavy atom. The number of hydrogen-bond donors (Lipinski definition) is 3. The molecule has 0 aliphatic heterocycles. The van der Waals surface area contributed by atoms with E-state index >= 15 is 0 Å². The molecule has 20 heavy (non-hydrogen) atoms. The molecule has 0 saturated heterocycles. The van der Waals surface area contributed by atoms with Crippen molar-refractivity contribution < 1.29 is 9.72 Å². The number of benzene rings is 1. The Bertz CT molecular complexity index is 463. The molecule has 0 aromatic heterocycles. The number of hydrogen-bond acceptors (Lipinski definition) is 4. The van der Waals surface area contributed by atoms with Crippen molar-refractivity contribution in [2.24, 2.45) is 5.92 Å². The van der Waals surface area contributed by atoms with E-state index in [0.29, 0.717) is 31.2 Å². The van der Waals surface area contributed by atoms with Gasteiger partial charge in [-0.25, -0.2) is 4.79 Å². The molecule has 0 fully saturated rings. The number of anilines is 1. The fourth-order valence-corrected chi connectivity index (χ4v) is 1.51. The van der Waals surface area contributed by atoms with Crippen LogP contribution in [0.2, 0.25) is 0 Å². The molecular formula is C13H20N4O3. The monoisotopic (exact) mass is 280 g/mol. The minimum Gasteiger partial charge on any atom is -0.378 e. The van der Waals surface area contributed by atoms with Crippen LogP contribution in [0.4, 0.5) is 16.2 Å². The molecule has 0 aliphatic carbocycles. The van der Waals surface area contributed by atoms with Crippen molar-refractivity contribution in [2.75, 3.05) is 25.0 Å². The van der Waals surface area contributed by atoms with E-state index in [1.54, 1.807) is 18.2 Å². The van der Waals surface area contributed by atoms with Gasteiger partial charge in [-0.3, -0.25) is 10.1 Å². The quantitative estimate of drug-likeness (QED) is 0.404. The Balaban J connectivity index is 2.31. The van der Waals surface area contributed by atoms with Crippen molar-refractivity contribution in [1.82, 2.24) is 10.6 Å². The van der Waals surface area contributed by atoms with Gasteiger partial charge in [0.05, 0.1) is 4.92 Å². The topological polar surface area (TPSA) is 96.3 Å². The Labute approximate surface area is 117 Å². The third-order valence-electron chi connectivity index (χ3n) is 2.50. The maximum Gasteiger partial charge on any atom is 0.314 e. The second-order valence-electron chi connectivity index (χ2n) is 4.73. The van der Waals surface area contributed by atoms with E-state index in [0.717, 1.165) is 0 Å². The first-order valence-electron chi connectivity index (χ1n) is 6.49. The molecule has 0 unspecified atom stereocenters. The molecule has 3 N–H and O–H groups in total. The number of para-hydroxylation sites is 2. The fourth-order valence-electron chi connectivity index (χ4n) is 1.51. The van der Waals surface area contributed by atoms with Gasteiger partial charge in [-0.15, -0.1) is 0 Å². The van der Waals surface area contributed by atoms with Crippen molar-refractivity contribution in [3.8, 4) is 0 Å². The smallest absolute Gasteiger partial charge is 0.314 e. The van der Waals surface area contributed by atoms with E-state index in [-0.39, 0.29) is 11.7 Å². The van der Waals surface area contributed by atoms with Gasteiger partial charge in [-0.1, -0.05) is 26.0 Å². The highest BCUT2D eigenvalue weighted by atomic mass is 16.6. The van der Waals surface area contributed by atoms with E-state index in [2.05, 4.69) is 16.0 Å². The Hall–Kier alpha value is -2.31. The zero-order valence-electron chi connectivity index (χ0n) is 11.7. The number of rotatable bonds is 7. The highest BCUT2D eigenvalue weighted by Gasteiger charge is 2.11. The van der Waals surface area contributed by atoms with Gasteiger partial charge in [0.15, 0.2) is 0 Å². The molecule has 1 aromatic carbocycles. The van der Waals surface area contributed by atoms with Gasteiger partial charge in [0.2, 0.25) is 0 Å². The van der Waals surface area contributed by atoms with Crippen LogP contribution < -0.4 is 16.0 Å². The van der Waals surface area contributed by atoms with E-state index in [4.69, 9.17) is 0 Å². The van der Waals surface area contributed by atoms with Crippen LogP contribution in [0.5, 0.6) is 0 Å². The number of carbonyl (C=O) groups excluding carboxylic acids is 1. The number of amides is 2. The van der Waals surface area contributed by atoms with Crippen molar-refractivity contribution >= 4 is 17.4 Å². The summed E-state index contributed by atoms with van der Waals surface area (Å²) < 4.78 is 0. The van der Waals surface area contributed by atoms with Crippen LogP contribution in [-0.2, 0) is 0 Å². The van der Waals surface area contributed by atoms with Crippen LogP contribution in [0.25, 0.3) is 0 Å². The zero-order chi connectivity index (χ0) is 15.0. The molecule has 2 amide bonds. The summed E-state index contributed by atoms with van der Waals surface area (Å²) in [6.45, 7) is 5.44. The highest BCUT2D eigenvalue weighted by Crippen LogP contribution is 2.22. The van der Waals surface area contributed by atoms with Crippen molar-refractivity contribution in [3.05, 3.63) is 34.4 Å². The fraction of sp³-hybridized carbons (Fsp3) is 0.462. The summed E-state index contributed by atoms with van der Waals surface area (Å²) in [5, 5.41) is 19.1. The minimum absolute atomic E-state index is 0.0248. The standard InChI is InChI=1S/C13H20N4O3/c1-10(2)9-16-13(18)15-8-7-14-11-5-3-4-6-12(11)17(19)20/h3-6,10,14H,7-9H2,1-2H3,(H2,15,16,18). The number of nitrogens with zero attached hydrogens (tertiary/aromatic N) is 1. The summed E-state index contributed by atoms with van der Waals surface area (Å²) >= 11 is 0. The third-order valence-corrected chi connectivity index (χ3v) is 2.50. The number of nitrogens with one attached hydrogen (secondary N) is 3. The summed E-state index contributed by atoms with van der Waals surface area (Å²) in [6.07, 6.45) is 0. The van der Waals surface area contributed by atoms with Crippen molar-refractivity contribution in [3.63, 3.8) is 0 Å². The van der Waals surface area contributed by atoms with Gasteiger partial charge in [0, 0.05) is 25.7 Å². The van der Waals surface area contributed by atoms with Gasteiger partial charge in [-0.2, -0.15) is 0 Å². The second kappa shape index (κ2) is 7.98. The Morgan fingerprint density at radius 3 is 2.60 bits per heavy atom. The summed E-state index contributed by atoms with van der Waals surface area (Å²) in [4.78, 5) is 21.7. The molecule has 0 atom stereocenters. The average Bonchev–Trinajstić information content (AvgIpc) is 2.41. The largest absolute Gasteiger partial charge is 0.378 e. The minimum atomic E-state index is -0.439. The van der Waals surface area contributed by atoms with Crippen LogP contribution in [0.1, 0.15) is 13.8 Å². The lowest BCUT2D eigenvalue weighted by Crippen LogP contribution is -2.39. The van der Waals surface area contributed by atoms with Crippen LogP contribution >= 0.6 is 0 Å². The normalized spacial score (nSPS) is 10.2. The number of urea groups is 1. The summed E-state index contributed by atoms with van der Waals surface area (Å²) in [6, 6.07) is 6.17. The first kappa shape index (κ1) is 15.7. The molecule has 110 valence electrons. The van der Waals surface area contributed by atoms with Gasteiger partial charge in [-0.05, 0) is 12.0 Å². The Kier molecular flexibility index (Phi) is 6.28. The maximum atomic E-state index is 11.4. The van der Waals surface area contributed by atoms with E-state index in [9.17, 15) is 14.9 Å². The summed E-state index contributed by atoms with van der Waals surface area (Å²) in [7, 11) is 0. The number of nitro benzene ring substituents is 1. The SMILES string of the molecule is CC(C)CNC(=O)NCCNc1ccccc1[N+](=O)[O-]. The molecule has 0 radical (unpaired) electrons. The molecule has 0 saturated carbocycles. The van der Waals surface area contributed by atoms with Gasteiger partial charge >= 0.3 is 6.03 Å². The van der Waals surface area contributed by atoms with Crippen molar-refractivity contribution in [2.45, 2.75) is 13.8 Å². The van der Waals surface area contributed by atoms with Gasteiger partial charge < -0.3 is 16.0 Å². The lowest BCUT2D eigenvalue weighted by atomic mass is 10.2. The van der Waals surface area contributed by atoms with E-state index in [1.165, 1.54) is 6.07 Å². The zero-order valence-corrected chi connectivity index (χ0v) is 11.7. The van der Waals surface area contributed by atoms with E-state index in [1.807, 2.05) is 13.8 Å². The first-order valence-corrected chi connectivity index (χ1v) is 6.49. The van der Waals surface area contributed by atoms with Crippen LogP contribution in [0.15, 0.2) is 24.3 Å². The van der Waals surface area contributed by atoms with Crippen LogP contribution in [-0.4, -0.2) is 30.6 Å². The second-order valence-corrected chi connectivity index (χ2v) is 4.73. The van der Waals surface area contributed by atoms with Crippen LogP contribution in [0.3, 0.4) is 0 Å². The summed E-state index contributed by atoms with van der Waals surface area (Å²) in [5.74, 6) is 0.394. The van der Waals surface area contributed by atoms with E-state index < -0.39 is 4.92 Å². The molecule has 1 rings (SSSR count). The Morgan fingerprint density at radius 1 is 1.25 bits per heavy atom. The predicted octanol–water partition coefficient (Wildman–Crippen LogP) is 1.96. The molecule has 0 aliphatic rings. The van der Waals surface area contributed by atoms with Gasteiger partial charge in [0.1, 0.15) is 5.69 Å². The molecule has 0 spiro atoms. The molecule has 7 nitrogen and oxygen atoms in total. The molecule has 7 heteroatoms. The first-order chi connectivity index (χ1) is 9.50. The summed E-state index contributed by atoms with van der Waals surface area (Å²) in [5.41, 5.74) is 0.471. The lowest BCUT2D eigenvalue weighted by molar-refractivity contribution is -0.384. The third kappa shape index (κ3) is 5.55. The van der Waals surface area contributed by atoms with Crippen LogP contribution in [0, 0.1) is 16.0 Å². The average molecular weight is 280 g/mol. The maximum absolute atomic E-state index is 11.4. The van der Waals surface area contributed by atoms with Gasteiger partial charge in [0.25, 0.3) is 5.69 Å². The molecule has 0 heterocycles. The number of carbonyl (C=O) groups is 1. The highest BCUT2D eigenvalue weighted by molar-refractivity contribution is 5.73. The molecule has 0 bridgehead atoms. The molecular weight excluding hydrogens is 260 g/mol. The number of nitro groups is 1. The molecule has 1 aromatic rings.